The van der Waals surface area contributed by atoms with Gasteiger partial charge in [-0.3, -0.25) is 24.8 Å². The van der Waals surface area contributed by atoms with Crippen molar-refractivity contribution >= 4 is 51.5 Å². The maximum atomic E-state index is 13.6. The van der Waals surface area contributed by atoms with Gasteiger partial charge in [0.25, 0.3) is 11.6 Å². The van der Waals surface area contributed by atoms with Gasteiger partial charge in [-0.2, -0.15) is 0 Å². The van der Waals surface area contributed by atoms with E-state index in [2.05, 4.69) is 11.9 Å². The monoisotopic (exact) mass is 472 g/mol. The summed E-state index contributed by atoms with van der Waals surface area (Å²) in [4.78, 5) is 33.2. The molecule has 0 aliphatic carbocycles. The first kappa shape index (κ1) is 22.6. The van der Waals surface area contributed by atoms with E-state index in [1.54, 1.807) is 36.4 Å². The minimum atomic E-state index is -0.402. The van der Waals surface area contributed by atoms with Crippen LogP contribution < -0.4 is 9.80 Å². The minimum absolute atomic E-state index is 0.0455. The second-order valence-corrected chi connectivity index (χ2v) is 9.74. The van der Waals surface area contributed by atoms with E-state index < -0.39 is 4.92 Å². The molecule has 7 nitrogen and oxygen atoms in total. The van der Waals surface area contributed by atoms with Gasteiger partial charge in [0.05, 0.1) is 16.7 Å². The number of carbonyl (C=O) groups excluding carboxylic acids is 1. The van der Waals surface area contributed by atoms with E-state index in [9.17, 15) is 14.9 Å². The Labute approximate surface area is 196 Å². The fourth-order valence-electron chi connectivity index (χ4n) is 3.93. The molecule has 2 aliphatic rings. The Morgan fingerprint density at radius 2 is 1.88 bits per heavy atom. The lowest BCUT2D eigenvalue weighted by Crippen LogP contribution is -2.35. The van der Waals surface area contributed by atoms with Crippen molar-refractivity contribution in [2.75, 3.05) is 28.6 Å². The Morgan fingerprint density at radius 3 is 2.47 bits per heavy atom. The summed E-state index contributed by atoms with van der Waals surface area (Å²) in [5.74, 6) is 1.04. The van der Waals surface area contributed by atoms with E-state index >= 15 is 0 Å². The highest BCUT2D eigenvalue weighted by Gasteiger charge is 2.30. The summed E-state index contributed by atoms with van der Waals surface area (Å²) in [7, 11) is 0. The summed E-state index contributed by atoms with van der Waals surface area (Å²) in [6, 6.07) is 11.8. The van der Waals surface area contributed by atoms with Crippen LogP contribution in [0.3, 0.4) is 0 Å². The van der Waals surface area contributed by atoms with E-state index in [0.29, 0.717) is 27.5 Å². The summed E-state index contributed by atoms with van der Waals surface area (Å²) in [6.07, 6.45) is 1.99. The number of rotatable bonds is 4. The fraction of sp³-hybridized carbons (Fsp3) is 0.391. The highest BCUT2D eigenvalue weighted by atomic mass is 35.5. The quantitative estimate of drug-likeness (QED) is 0.426. The first-order valence-corrected chi connectivity index (χ1v) is 12.0. The normalized spacial score (nSPS) is 19.0. The molecule has 0 aromatic heterocycles. The Bertz CT molecular complexity index is 1050. The number of anilines is 2. The second kappa shape index (κ2) is 9.50. The number of hydrogen-bond donors (Lipinski definition) is 0. The predicted octanol–water partition coefficient (Wildman–Crippen LogP) is 5.62. The first-order valence-electron chi connectivity index (χ1n) is 10.7. The van der Waals surface area contributed by atoms with E-state index in [1.165, 1.54) is 22.7 Å². The van der Waals surface area contributed by atoms with Crippen molar-refractivity contribution in [1.82, 2.24) is 0 Å². The Hall–Kier alpha value is -2.58. The molecular formula is C23H25ClN4O3S. The standard InChI is InChI=1S/C23H25ClN4O3S/c1-15-9-11-26(12-10-15)20-8-3-17(13-21(20)28(30)31)22(29)27(23-25-16(2)14-32-23)19-6-4-18(24)5-7-19/h3-8,13,15-16H,9-12,14H2,1-2H3/t16-/m1/s1. The van der Waals surface area contributed by atoms with Gasteiger partial charge in [-0.25, -0.2) is 0 Å². The zero-order chi connectivity index (χ0) is 22.8. The van der Waals surface area contributed by atoms with Crippen molar-refractivity contribution in [3.05, 3.63) is 63.2 Å². The number of aliphatic imine (C=N–C) groups is 1. The van der Waals surface area contributed by atoms with Gasteiger partial charge in [0.15, 0.2) is 5.17 Å². The number of nitro benzene ring substituents is 1. The minimum Gasteiger partial charge on any atom is -0.366 e. The molecule has 0 bridgehead atoms. The molecule has 4 rings (SSSR count). The van der Waals surface area contributed by atoms with Crippen LogP contribution in [0.5, 0.6) is 0 Å². The van der Waals surface area contributed by atoms with Crippen molar-refractivity contribution in [3.8, 4) is 0 Å². The van der Waals surface area contributed by atoms with Crippen LogP contribution in [0.25, 0.3) is 0 Å². The molecule has 1 atom stereocenters. The van der Waals surface area contributed by atoms with E-state index in [0.717, 1.165) is 31.7 Å². The molecule has 2 aromatic rings. The molecule has 0 spiro atoms. The number of amidine groups is 1. The van der Waals surface area contributed by atoms with Gasteiger partial charge in [0.2, 0.25) is 0 Å². The molecule has 1 amide bonds. The maximum absolute atomic E-state index is 13.6. The van der Waals surface area contributed by atoms with Crippen molar-refractivity contribution < 1.29 is 9.72 Å². The summed E-state index contributed by atoms with van der Waals surface area (Å²) in [5, 5.41) is 13.0. The summed E-state index contributed by atoms with van der Waals surface area (Å²) < 4.78 is 0. The van der Waals surface area contributed by atoms with Gasteiger partial charge in [0.1, 0.15) is 5.69 Å². The molecule has 0 N–H and O–H groups in total. The number of piperidine rings is 1. The SMILES string of the molecule is CC1CCN(c2ccc(C(=O)N(C3=N[C@H](C)CS3)c3ccc(Cl)cc3)cc2[N+](=O)[O-])CC1. The number of benzene rings is 2. The lowest BCUT2D eigenvalue weighted by atomic mass is 9.98. The molecule has 2 aromatic carbocycles. The Balaban J connectivity index is 1.70. The second-order valence-electron chi connectivity index (χ2n) is 8.32. The number of carbonyl (C=O) groups is 1. The molecular weight excluding hydrogens is 448 g/mol. The molecule has 0 unspecified atom stereocenters. The van der Waals surface area contributed by atoms with Crippen molar-refractivity contribution in [1.29, 1.82) is 0 Å². The molecule has 168 valence electrons. The highest BCUT2D eigenvalue weighted by Crippen LogP contribution is 2.34. The lowest BCUT2D eigenvalue weighted by molar-refractivity contribution is -0.384. The average Bonchev–Trinajstić information content (AvgIpc) is 3.21. The Morgan fingerprint density at radius 1 is 1.19 bits per heavy atom. The molecule has 0 saturated carbocycles. The smallest absolute Gasteiger partial charge is 0.293 e. The Kier molecular flexibility index (Phi) is 6.71. The summed E-state index contributed by atoms with van der Waals surface area (Å²) in [5.41, 5.74) is 1.40. The van der Waals surface area contributed by atoms with Gasteiger partial charge in [0, 0.05) is 35.5 Å². The lowest BCUT2D eigenvalue weighted by Gasteiger charge is -2.31. The zero-order valence-electron chi connectivity index (χ0n) is 18.0. The van der Waals surface area contributed by atoms with Crippen LogP contribution in [-0.4, -0.2) is 40.9 Å². The third kappa shape index (κ3) is 4.76. The number of amides is 1. The van der Waals surface area contributed by atoms with Gasteiger partial charge in [-0.15, -0.1) is 0 Å². The van der Waals surface area contributed by atoms with Crippen LogP contribution in [0.15, 0.2) is 47.5 Å². The molecule has 0 radical (unpaired) electrons. The highest BCUT2D eigenvalue weighted by molar-refractivity contribution is 8.14. The van der Waals surface area contributed by atoms with E-state index in [4.69, 9.17) is 11.6 Å². The van der Waals surface area contributed by atoms with Crippen LogP contribution in [-0.2, 0) is 0 Å². The number of halogens is 1. The molecule has 9 heteroatoms. The third-order valence-corrected chi connectivity index (χ3v) is 7.25. The number of nitrogens with zero attached hydrogens (tertiary/aromatic N) is 4. The molecule has 1 saturated heterocycles. The number of thioether (sulfide) groups is 1. The van der Waals surface area contributed by atoms with Crippen molar-refractivity contribution in [3.63, 3.8) is 0 Å². The molecule has 2 aliphatic heterocycles. The maximum Gasteiger partial charge on any atom is 0.293 e. The van der Waals surface area contributed by atoms with Crippen molar-refractivity contribution in [2.45, 2.75) is 32.7 Å². The first-order chi connectivity index (χ1) is 15.3. The summed E-state index contributed by atoms with van der Waals surface area (Å²) in [6.45, 7) is 5.74. The van der Waals surface area contributed by atoms with Crippen LogP contribution >= 0.6 is 23.4 Å². The molecule has 2 heterocycles. The van der Waals surface area contributed by atoms with Crippen LogP contribution in [0, 0.1) is 16.0 Å². The number of hydrogen-bond acceptors (Lipinski definition) is 6. The van der Waals surface area contributed by atoms with Gasteiger partial charge in [-0.1, -0.05) is 30.3 Å². The largest absolute Gasteiger partial charge is 0.366 e. The van der Waals surface area contributed by atoms with Crippen molar-refractivity contribution in [2.24, 2.45) is 10.9 Å². The van der Waals surface area contributed by atoms with E-state index in [1.807, 2.05) is 11.8 Å². The van der Waals surface area contributed by atoms with Gasteiger partial charge in [-0.05, 0) is 62.1 Å². The molecule has 32 heavy (non-hydrogen) atoms. The van der Waals surface area contributed by atoms with Gasteiger partial charge >= 0.3 is 0 Å². The topological polar surface area (TPSA) is 79.0 Å². The van der Waals surface area contributed by atoms with Crippen LogP contribution in [0.1, 0.15) is 37.0 Å². The van der Waals surface area contributed by atoms with Crippen LogP contribution in [0.2, 0.25) is 5.02 Å². The predicted molar refractivity (Wildman–Crippen MR) is 131 cm³/mol. The van der Waals surface area contributed by atoms with E-state index in [-0.39, 0.29) is 23.2 Å². The third-order valence-electron chi connectivity index (χ3n) is 5.81. The van der Waals surface area contributed by atoms with Gasteiger partial charge < -0.3 is 4.90 Å². The van der Waals surface area contributed by atoms with Crippen LogP contribution in [0.4, 0.5) is 17.1 Å². The fourth-order valence-corrected chi connectivity index (χ4v) is 5.10. The number of nitro groups is 1. The zero-order valence-corrected chi connectivity index (χ0v) is 19.6. The summed E-state index contributed by atoms with van der Waals surface area (Å²) >= 11 is 7.53. The molecule has 1 fully saturated rings. The average molecular weight is 473 g/mol.